The van der Waals surface area contributed by atoms with Crippen molar-refractivity contribution >= 4 is 5.97 Å². The number of carbonyl (C=O) groups excluding carboxylic acids is 1. The molecular weight excluding hydrogens is 416 g/mol. The quantitative estimate of drug-likeness (QED) is 0.332. The molecule has 33 heavy (non-hydrogen) atoms. The predicted molar refractivity (Wildman–Crippen MR) is 126 cm³/mol. The molecule has 0 fully saturated rings. The maximum atomic E-state index is 12.5. The van der Waals surface area contributed by atoms with Gasteiger partial charge in [0, 0.05) is 30.8 Å². The minimum atomic E-state index is -0.818. The van der Waals surface area contributed by atoms with Gasteiger partial charge in [0.25, 0.3) is 0 Å². The molecule has 0 saturated heterocycles. The maximum Gasteiger partial charge on any atom is 0.332 e. The number of ether oxygens (including phenoxy) is 2. The molecule has 1 atom stereocenters. The number of aryl methyl sites for hydroxylation is 1. The monoisotopic (exact) mass is 444 g/mol. The molecule has 0 amide bonds. The summed E-state index contributed by atoms with van der Waals surface area (Å²) in [5.74, 6) is 1.92. The van der Waals surface area contributed by atoms with E-state index in [4.69, 9.17) is 13.9 Å². The highest BCUT2D eigenvalue weighted by Crippen LogP contribution is 2.26. The van der Waals surface area contributed by atoms with Gasteiger partial charge < -0.3 is 18.5 Å². The summed E-state index contributed by atoms with van der Waals surface area (Å²) in [7, 11) is 1.42. The number of hydrogen-bond donors (Lipinski definition) is 0. The van der Waals surface area contributed by atoms with Crippen molar-refractivity contribution in [3.8, 4) is 17.2 Å². The fourth-order valence-corrected chi connectivity index (χ4v) is 3.88. The van der Waals surface area contributed by atoms with Crippen LogP contribution in [-0.2, 0) is 27.9 Å². The Morgan fingerprint density at radius 1 is 1.03 bits per heavy atom. The Labute approximate surface area is 193 Å². The van der Waals surface area contributed by atoms with Gasteiger partial charge in [0.15, 0.2) is 0 Å². The highest BCUT2D eigenvalue weighted by Gasteiger charge is 2.36. The van der Waals surface area contributed by atoms with E-state index in [1.54, 1.807) is 0 Å². The summed E-state index contributed by atoms with van der Waals surface area (Å²) in [5.41, 5.74) is 2.05. The van der Waals surface area contributed by atoms with E-state index in [1.165, 1.54) is 7.11 Å². The van der Waals surface area contributed by atoms with E-state index in [2.05, 4.69) is 4.98 Å². The fourth-order valence-electron chi connectivity index (χ4n) is 3.88. The van der Waals surface area contributed by atoms with Gasteiger partial charge >= 0.3 is 5.97 Å². The topological polar surface area (TPSA) is 66.5 Å². The van der Waals surface area contributed by atoms with E-state index in [1.807, 2.05) is 97.5 Å². The first-order valence-electron chi connectivity index (χ1n) is 10.9. The smallest absolute Gasteiger partial charge is 0.332 e. The zero-order chi connectivity index (χ0) is 23.3. The van der Waals surface area contributed by atoms with Crippen LogP contribution in [0.4, 0.5) is 0 Å². The van der Waals surface area contributed by atoms with E-state index in [9.17, 15) is 4.79 Å². The largest absolute Gasteiger partial charge is 0.493 e. The van der Waals surface area contributed by atoms with Crippen LogP contribution in [0.2, 0.25) is 0 Å². The molecule has 0 saturated carbocycles. The number of esters is 1. The number of hydrogen-bond acceptors (Lipinski definition) is 5. The van der Waals surface area contributed by atoms with Crippen molar-refractivity contribution in [2.24, 2.45) is 0 Å². The molecule has 2 aromatic heterocycles. The van der Waals surface area contributed by atoms with Crippen LogP contribution in [0, 0.1) is 6.92 Å². The van der Waals surface area contributed by atoms with Crippen LogP contribution < -0.4 is 4.74 Å². The number of carbonyl (C=O) groups is 1. The summed E-state index contributed by atoms with van der Waals surface area (Å²) in [4.78, 5) is 17.1. The molecule has 0 radical (unpaired) electrons. The van der Waals surface area contributed by atoms with Gasteiger partial charge in [0.2, 0.25) is 5.89 Å². The molecule has 0 aliphatic heterocycles. The molecule has 2 heterocycles. The van der Waals surface area contributed by atoms with Gasteiger partial charge in [-0.05, 0) is 55.8 Å². The fraction of sp³-hybridized carbons (Fsp3) is 0.259. The molecule has 0 unspecified atom stereocenters. The first-order chi connectivity index (χ1) is 16.0. The number of nitrogens with zero attached hydrogens (tertiary/aromatic N) is 2. The number of rotatable bonds is 9. The molecule has 0 N–H and O–H groups in total. The van der Waals surface area contributed by atoms with Gasteiger partial charge in [-0.25, -0.2) is 9.78 Å². The highest BCUT2D eigenvalue weighted by atomic mass is 16.5. The summed E-state index contributed by atoms with van der Waals surface area (Å²) in [5, 5.41) is 0. The third-order valence-electron chi connectivity index (χ3n) is 5.79. The third-order valence-corrected chi connectivity index (χ3v) is 5.79. The van der Waals surface area contributed by atoms with Crippen molar-refractivity contribution in [2.45, 2.75) is 32.2 Å². The number of aromatic nitrogens is 2. The van der Waals surface area contributed by atoms with Crippen molar-refractivity contribution in [3.05, 3.63) is 96.1 Å². The van der Waals surface area contributed by atoms with Gasteiger partial charge in [-0.15, -0.1) is 0 Å². The lowest BCUT2D eigenvalue weighted by atomic mass is 9.92. The average Bonchev–Trinajstić information content (AvgIpc) is 3.51. The zero-order valence-corrected chi connectivity index (χ0v) is 19.2. The van der Waals surface area contributed by atoms with Gasteiger partial charge in [-0.3, -0.25) is 0 Å². The van der Waals surface area contributed by atoms with E-state index in [0.29, 0.717) is 25.3 Å². The lowest BCUT2D eigenvalue weighted by molar-refractivity contribution is -0.150. The van der Waals surface area contributed by atoms with Crippen molar-refractivity contribution in [3.63, 3.8) is 0 Å². The predicted octanol–water partition coefficient (Wildman–Crippen LogP) is 5.20. The van der Waals surface area contributed by atoms with Crippen LogP contribution in [0.5, 0.6) is 5.75 Å². The summed E-state index contributed by atoms with van der Waals surface area (Å²) in [6, 6.07) is 21.5. The van der Waals surface area contributed by atoms with Gasteiger partial charge in [-0.1, -0.05) is 30.3 Å². The van der Waals surface area contributed by atoms with Crippen LogP contribution in [0.1, 0.15) is 23.9 Å². The second-order valence-corrected chi connectivity index (χ2v) is 8.16. The summed E-state index contributed by atoms with van der Waals surface area (Å²) < 4.78 is 18.7. The van der Waals surface area contributed by atoms with Gasteiger partial charge in [0.1, 0.15) is 17.0 Å². The highest BCUT2D eigenvalue weighted by molar-refractivity contribution is 5.78. The maximum absolute atomic E-state index is 12.5. The molecule has 0 aliphatic carbocycles. The Morgan fingerprint density at radius 3 is 2.39 bits per heavy atom. The van der Waals surface area contributed by atoms with E-state index >= 15 is 0 Å². The molecule has 6 heteroatoms. The minimum Gasteiger partial charge on any atom is -0.493 e. The molecule has 2 aromatic carbocycles. The Bertz CT molecular complexity index is 1180. The second kappa shape index (κ2) is 9.77. The molecule has 170 valence electrons. The third kappa shape index (κ3) is 5.00. The Balaban J connectivity index is 1.37. The zero-order valence-electron chi connectivity index (χ0n) is 19.2. The minimum absolute atomic E-state index is 0.281. The molecule has 0 aliphatic rings. The average molecular weight is 445 g/mol. The lowest BCUT2D eigenvalue weighted by Crippen LogP contribution is -2.41. The van der Waals surface area contributed by atoms with Gasteiger partial charge in [0.05, 0.1) is 19.4 Å². The van der Waals surface area contributed by atoms with Crippen molar-refractivity contribution in [1.82, 2.24) is 9.55 Å². The summed E-state index contributed by atoms with van der Waals surface area (Å²) in [6.45, 7) is 4.30. The Hall–Kier alpha value is -3.80. The van der Waals surface area contributed by atoms with Crippen molar-refractivity contribution in [1.29, 1.82) is 0 Å². The first-order valence-corrected chi connectivity index (χ1v) is 10.9. The molecule has 0 spiro atoms. The molecule has 6 nitrogen and oxygen atoms in total. The van der Waals surface area contributed by atoms with Crippen LogP contribution >= 0.6 is 0 Å². The number of oxazole rings is 1. The van der Waals surface area contributed by atoms with Crippen LogP contribution in [0.25, 0.3) is 11.5 Å². The molecule has 4 rings (SSSR count). The Morgan fingerprint density at radius 2 is 1.73 bits per heavy atom. The molecular formula is C27H28N2O4. The van der Waals surface area contributed by atoms with Crippen LogP contribution in [0.3, 0.4) is 0 Å². The first kappa shape index (κ1) is 22.4. The summed E-state index contributed by atoms with van der Waals surface area (Å²) >= 11 is 0. The summed E-state index contributed by atoms with van der Waals surface area (Å²) in [6.07, 6.45) is 4.92. The standard InChI is InChI=1S/C27H28N2O4/c1-20-24(28-25(33-20)22-9-5-4-6-10-22)15-18-32-23-13-11-21(12-14-23)19-27(2,26(30)31-3)29-16-7-8-17-29/h4-14,16-17H,15,18-19H2,1-3H3/t27-/m0/s1. The lowest BCUT2D eigenvalue weighted by Gasteiger charge is -2.29. The van der Waals surface area contributed by atoms with Crippen molar-refractivity contribution in [2.75, 3.05) is 13.7 Å². The number of benzene rings is 2. The van der Waals surface area contributed by atoms with E-state index < -0.39 is 5.54 Å². The van der Waals surface area contributed by atoms with Crippen LogP contribution in [-0.4, -0.2) is 29.2 Å². The van der Waals surface area contributed by atoms with E-state index in [0.717, 1.165) is 28.3 Å². The molecule has 0 bridgehead atoms. The normalized spacial score (nSPS) is 12.8. The Kier molecular flexibility index (Phi) is 6.63. The van der Waals surface area contributed by atoms with Gasteiger partial charge in [-0.2, -0.15) is 0 Å². The SMILES string of the molecule is COC(=O)[C@](C)(Cc1ccc(OCCc2nc(-c3ccccc3)oc2C)cc1)n1cccc1. The molecule has 4 aromatic rings. The van der Waals surface area contributed by atoms with Crippen molar-refractivity contribution < 1.29 is 18.7 Å². The number of methoxy groups -OCH3 is 1. The second-order valence-electron chi connectivity index (χ2n) is 8.16. The van der Waals surface area contributed by atoms with E-state index in [-0.39, 0.29) is 5.97 Å². The van der Waals surface area contributed by atoms with Crippen LogP contribution in [0.15, 0.2) is 83.5 Å².